The molecule has 0 atom stereocenters. The summed E-state index contributed by atoms with van der Waals surface area (Å²) in [6.07, 6.45) is -3.07. The van der Waals surface area contributed by atoms with Crippen LogP contribution in [0.4, 0.5) is 23.4 Å². The first-order chi connectivity index (χ1) is 14.3. The molecule has 0 unspecified atom stereocenters. The third-order valence-electron chi connectivity index (χ3n) is 3.87. The second kappa shape index (κ2) is 9.12. The quantitative estimate of drug-likeness (QED) is 0.344. The second-order valence-electron chi connectivity index (χ2n) is 5.76. The average molecular weight is 476 g/mol. The third kappa shape index (κ3) is 4.64. The lowest BCUT2D eigenvalue weighted by atomic mass is 10.2. The molecule has 1 aromatic carbocycles. The van der Waals surface area contributed by atoms with E-state index < -0.39 is 17.7 Å². The Kier molecular flexibility index (Phi) is 6.75. The van der Waals surface area contributed by atoms with Crippen LogP contribution < -0.4 is 5.32 Å². The fraction of sp³-hybridized carbons (Fsp3) is 0.167. The molecule has 5 nitrogen and oxygen atoms in total. The number of rotatable bonds is 6. The first-order valence-corrected chi connectivity index (χ1v) is 9.92. The molecule has 3 aromatic rings. The molecular formula is C18H11Cl2F4N5S. The minimum Gasteiger partial charge on any atom is -0.363 e. The zero-order chi connectivity index (χ0) is 21.9. The zero-order valence-electron chi connectivity index (χ0n) is 14.8. The van der Waals surface area contributed by atoms with E-state index in [1.165, 1.54) is 0 Å². The molecule has 2 aromatic heterocycles. The molecule has 30 heavy (non-hydrogen) atoms. The first kappa shape index (κ1) is 22.2. The van der Waals surface area contributed by atoms with Crippen LogP contribution in [0.25, 0.3) is 5.69 Å². The van der Waals surface area contributed by atoms with Crippen LogP contribution in [0.15, 0.2) is 41.4 Å². The van der Waals surface area contributed by atoms with Crippen molar-refractivity contribution in [2.45, 2.75) is 17.6 Å². The standard InChI is InChI=1S/C18H11Cl2F4N5S/c19-12-5-10(18(22,23)24)6-13(20)15(12)29-17(16(30-9-21)14(7-25)28-29)27-8-11-3-1-2-4-26-11/h1-6,27H,8-9H2. The monoisotopic (exact) mass is 475 g/mol. The molecular weight excluding hydrogens is 465 g/mol. The summed E-state index contributed by atoms with van der Waals surface area (Å²) in [5.41, 5.74) is -0.606. The Bertz CT molecular complexity index is 1070. The van der Waals surface area contributed by atoms with Gasteiger partial charge in [-0.2, -0.15) is 23.5 Å². The molecule has 12 heteroatoms. The van der Waals surface area contributed by atoms with E-state index in [2.05, 4.69) is 15.4 Å². The molecule has 156 valence electrons. The lowest BCUT2D eigenvalue weighted by molar-refractivity contribution is -0.137. The molecule has 1 N–H and O–H groups in total. The second-order valence-corrected chi connectivity index (χ2v) is 7.49. The van der Waals surface area contributed by atoms with Crippen molar-refractivity contribution < 1.29 is 17.6 Å². The van der Waals surface area contributed by atoms with Crippen molar-refractivity contribution in [3.05, 3.63) is 63.5 Å². The molecule has 0 aliphatic rings. The van der Waals surface area contributed by atoms with Gasteiger partial charge in [0.25, 0.3) is 0 Å². The van der Waals surface area contributed by atoms with Gasteiger partial charge in [-0.05, 0) is 24.3 Å². The number of alkyl halides is 4. The van der Waals surface area contributed by atoms with Gasteiger partial charge in [0.05, 0.1) is 32.7 Å². The first-order valence-electron chi connectivity index (χ1n) is 8.18. The van der Waals surface area contributed by atoms with E-state index >= 15 is 0 Å². The maximum Gasteiger partial charge on any atom is 0.416 e. The maximum absolute atomic E-state index is 13.1. The van der Waals surface area contributed by atoms with E-state index in [1.54, 1.807) is 24.4 Å². The lowest BCUT2D eigenvalue weighted by Crippen LogP contribution is -2.10. The van der Waals surface area contributed by atoms with Crippen LogP contribution >= 0.6 is 35.0 Å². The van der Waals surface area contributed by atoms with Crippen LogP contribution in [0.2, 0.25) is 10.0 Å². The number of nitrogens with zero attached hydrogens (tertiary/aromatic N) is 4. The summed E-state index contributed by atoms with van der Waals surface area (Å²) in [5, 5.41) is 15.8. The van der Waals surface area contributed by atoms with Crippen LogP contribution in [0.5, 0.6) is 0 Å². The van der Waals surface area contributed by atoms with Crippen molar-refractivity contribution in [1.29, 1.82) is 5.26 Å². The van der Waals surface area contributed by atoms with Crippen molar-refractivity contribution in [2.75, 3.05) is 11.3 Å². The topological polar surface area (TPSA) is 66.5 Å². The van der Waals surface area contributed by atoms with Crippen LogP contribution in [-0.4, -0.2) is 20.8 Å². The average Bonchev–Trinajstić information content (AvgIpc) is 3.03. The number of nitriles is 1. The molecule has 0 saturated heterocycles. The van der Waals surface area contributed by atoms with Gasteiger partial charge in [-0.1, -0.05) is 41.0 Å². The van der Waals surface area contributed by atoms with Gasteiger partial charge in [-0.3, -0.25) is 4.98 Å². The van der Waals surface area contributed by atoms with Gasteiger partial charge >= 0.3 is 6.18 Å². The maximum atomic E-state index is 13.1. The Labute approximate surface area is 182 Å². The highest BCUT2D eigenvalue weighted by molar-refractivity contribution is 7.99. The molecule has 2 heterocycles. The highest BCUT2D eigenvalue weighted by atomic mass is 35.5. The van der Waals surface area contributed by atoms with E-state index in [4.69, 9.17) is 23.2 Å². The van der Waals surface area contributed by atoms with Crippen LogP contribution in [0.3, 0.4) is 0 Å². The minimum atomic E-state index is -4.65. The van der Waals surface area contributed by atoms with Gasteiger partial charge < -0.3 is 5.32 Å². The SMILES string of the molecule is N#Cc1nn(-c2c(Cl)cc(C(F)(F)F)cc2Cl)c(NCc2ccccn2)c1SCF. The highest BCUT2D eigenvalue weighted by Crippen LogP contribution is 2.41. The number of hydrogen-bond donors (Lipinski definition) is 1. The van der Waals surface area contributed by atoms with Gasteiger partial charge in [0.1, 0.15) is 23.6 Å². The van der Waals surface area contributed by atoms with Gasteiger partial charge in [-0.25, -0.2) is 9.07 Å². The van der Waals surface area contributed by atoms with Crippen LogP contribution in [-0.2, 0) is 12.7 Å². The number of halogens is 6. The molecule has 0 aliphatic heterocycles. The lowest BCUT2D eigenvalue weighted by Gasteiger charge is -2.15. The highest BCUT2D eigenvalue weighted by Gasteiger charge is 2.33. The number of nitrogens with one attached hydrogen (secondary N) is 1. The van der Waals surface area contributed by atoms with Crippen LogP contribution in [0, 0.1) is 11.3 Å². The predicted molar refractivity (Wildman–Crippen MR) is 107 cm³/mol. The van der Waals surface area contributed by atoms with Crippen molar-refractivity contribution >= 4 is 40.8 Å². The third-order valence-corrected chi connectivity index (χ3v) is 5.23. The summed E-state index contributed by atoms with van der Waals surface area (Å²) in [5.74, 6) is 0.156. The normalized spacial score (nSPS) is 11.4. The summed E-state index contributed by atoms with van der Waals surface area (Å²) in [6, 6.07) is 7.64. The van der Waals surface area contributed by atoms with Gasteiger partial charge in [0, 0.05) is 6.20 Å². The largest absolute Gasteiger partial charge is 0.416 e. The Morgan fingerprint density at radius 2 is 1.90 bits per heavy atom. The summed E-state index contributed by atoms with van der Waals surface area (Å²) in [6.45, 7) is 0.174. The van der Waals surface area contributed by atoms with E-state index in [1.807, 2.05) is 6.07 Å². The van der Waals surface area contributed by atoms with Gasteiger partial charge in [-0.15, -0.1) is 0 Å². The van der Waals surface area contributed by atoms with E-state index in [0.717, 1.165) is 4.68 Å². The summed E-state index contributed by atoms with van der Waals surface area (Å²) < 4.78 is 53.3. The number of benzene rings is 1. The minimum absolute atomic E-state index is 0.0722. The van der Waals surface area contributed by atoms with E-state index in [9.17, 15) is 22.8 Å². The Hall–Kier alpha value is -2.48. The smallest absolute Gasteiger partial charge is 0.363 e. The van der Waals surface area contributed by atoms with E-state index in [-0.39, 0.29) is 38.7 Å². The fourth-order valence-corrected chi connectivity index (χ4v) is 3.87. The molecule has 0 amide bonds. The summed E-state index contributed by atoms with van der Waals surface area (Å²) >= 11 is 12.9. The van der Waals surface area contributed by atoms with Gasteiger partial charge in [0.2, 0.25) is 0 Å². The van der Waals surface area contributed by atoms with E-state index in [0.29, 0.717) is 29.6 Å². The molecule has 0 saturated carbocycles. The van der Waals surface area contributed by atoms with Crippen LogP contribution in [0.1, 0.15) is 17.0 Å². The zero-order valence-corrected chi connectivity index (χ0v) is 17.2. The number of anilines is 1. The van der Waals surface area contributed by atoms with Gasteiger partial charge in [0.15, 0.2) is 5.69 Å². The molecule has 0 fully saturated rings. The molecule has 0 spiro atoms. The Morgan fingerprint density at radius 1 is 1.20 bits per heavy atom. The van der Waals surface area contributed by atoms with Crippen molar-refractivity contribution in [3.63, 3.8) is 0 Å². The number of pyridine rings is 1. The molecule has 0 bridgehead atoms. The number of thioether (sulfide) groups is 1. The Balaban J connectivity index is 2.13. The fourth-order valence-electron chi connectivity index (χ4n) is 2.59. The number of aromatic nitrogens is 3. The predicted octanol–water partition coefficient (Wildman–Crippen LogP) is 6.10. The van der Waals surface area contributed by atoms with Crippen molar-refractivity contribution in [1.82, 2.24) is 14.8 Å². The molecule has 3 rings (SSSR count). The number of hydrogen-bond acceptors (Lipinski definition) is 5. The summed E-state index contributed by atoms with van der Waals surface area (Å²) in [7, 11) is 0. The van der Waals surface area contributed by atoms with Crippen molar-refractivity contribution in [3.8, 4) is 11.8 Å². The Morgan fingerprint density at radius 3 is 2.43 bits per heavy atom. The summed E-state index contributed by atoms with van der Waals surface area (Å²) in [4.78, 5) is 4.33. The van der Waals surface area contributed by atoms with Crippen molar-refractivity contribution in [2.24, 2.45) is 0 Å². The molecule has 0 radical (unpaired) electrons. The molecule has 0 aliphatic carbocycles.